The third-order valence-corrected chi connectivity index (χ3v) is 9.25. The molecule has 0 amide bonds. The number of hydrogen-bond donors (Lipinski definition) is 0. The highest BCUT2D eigenvalue weighted by Crippen LogP contribution is 2.39. The van der Waals surface area contributed by atoms with E-state index in [1.807, 2.05) is 31.3 Å². The van der Waals surface area contributed by atoms with Gasteiger partial charge in [0.15, 0.2) is 14.1 Å². The Bertz CT molecular complexity index is 652. The maximum Gasteiger partial charge on any atom is 0.193 e. The molecule has 0 N–H and O–H groups in total. The van der Waals surface area contributed by atoms with Crippen molar-refractivity contribution in [1.29, 1.82) is 0 Å². The molecule has 0 aliphatic carbocycles. The zero-order chi connectivity index (χ0) is 15.8. The van der Waals surface area contributed by atoms with Gasteiger partial charge >= 0.3 is 0 Å². The van der Waals surface area contributed by atoms with Crippen LogP contribution in [0.15, 0.2) is 28.9 Å². The number of rotatable bonds is 3. The second kappa shape index (κ2) is 5.78. The summed E-state index contributed by atoms with van der Waals surface area (Å²) >= 11 is 3.48. The summed E-state index contributed by atoms with van der Waals surface area (Å²) in [6, 6.07) is 6.03. The Morgan fingerprint density at radius 3 is 2.52 bits per heavy atom. The molecule has 0 aliphatic rings. The Balaban J connectivity index is 2.29. The summed E-state index contributed by atoms with van der Waals surface area (Å²) in [4.78, 5) is 9.13. The van der Waals surface area contributed by atoms with E-state index < -0.39 is 8.32 Å². The van der Waals surface area contributed by atoms with Crippen molar-refractivity contribution in [2.45, 2.75) is 51.9 Å². The predicted octanol–water partition coefficient (Wildman–Crippen LogP) is 5.48. The summed E-state index contributed by atoms with van der Waals surface area (Å²) in [6.45, 7) is 13.3. The van der Waals surface area contributed by atoms with Gasteiger partial charge in [0, 0.05) is 16.1 Å². The molecule has 2 aromatic rings. The fraction of sp³-hybridized carbons (Fsp3) is 0.500. The fourth-order valence-corrected chi connectivity index (χ4v) is 3.57. The van der Waals surface area contributed by atoms with Gasteiger partial charge in [-0.1, -0.05) is 42.8 Å². The van der Waals surface area contributed by atoms with E-state index >= 15 is 0 Å². The van der Waals surface area contributed by atoms with Crippen molar-refractivity contribution < 1.29 is 4.43 Å². The van der Waals surface area contributed by atoms with E-state index in [0.717, 1.165) is 21.2 Å². The van der Waals surface area contributed by atoms with Gasteiger partial charge in [-0.2, -0.15) is 0 Å². The molecule has 1 atom stereocenters. The van der Waals surface area contributed by atoms with Crippen LogP contribution in [0.3, 0.4) is 0 Å². The quantitative estimate of drug-likeness (QED) is 0.674. The maximum absolute atomic E-state index is 6.37. The molecule has 3 nitrogen and oxygen atoms in total. The maximum atomic E-state index is 6.37. The Morgan fingerprint density at radius 1 is 1.24 bits per heavy atom. The van der Waals surface area contributed by atoms with E-state index in [-0.39, 0.29) is 11.1 Å². The third kappa shape index (κ3) is 3.70. The summed E-state index contributed by atoms with van der Waals surface area (Å²) in [6.07, 6.45) is 1.78. The minimum absolute atomic E-state index is 0.0886. The molecule has 0 bridgehead atoms. The van der Waals surface area contributed by atoms with E-state index in [1.165, 1.54) is 0 Å². The molecule has 1 aromatic heterocycles. The number of benzene rings is 1. The molecular weight excluding hydrogens is 344 g/mol. The summed E-state index contributed by atoms with van der Waals surface area (Å²) in [5, 5.41) is 1.22. The van der Waals surface area contributed by atoms with Crippen LogP contribution in [-0.2, 0) is 4.43 Å². The van der Waals surface area contributed by atoms with Crippen LogP contribution in [0.25, 0.3) is 10.9 Å². The lowest BCUT2D eigenvalue weighted by Gasteiger charge is -2.38. The Hall–Kier alpha value is -0.783. The SMILES string of the molecule is CC(O[Si](C)(C)C(C)(C)C)c1ncc2ccc(Br)cc2n1. The van der Waals surface area contributed by atoms with Crippen LogP contribution in [0.5, 0.6) is 0 Å². The van der Waals surface area contributed by atoms with Crippen molar-refractivity contribution >= 4 is 35.2 Å². The largest absolute Gasteiger partial charge is 0.407 e. The molecule has 0 aliphatic heterocycles. The lowest BCUT2D eigenvalue weighted by atomic mass is 10.2. The lowest BCUT2D eigenvalue weighted by molar-refractivity contribution is 0.194. The average molecular weight is 367 g/mol. The molecule has 114 valence electrons. The van der Waals surface area contributed by atoms with Gasteiger partial charge in [-0.3, -0.25) is 0 Å². The van der Waals surface area contributed by atoms with Crippen LogP contribution >= 0.6 is 15.9 Å². The van der Waals surface area contributed by atoms with Gasteiger partial charge in [0.2, 0.25) is 0 Å². The van der Waals surface area contributed by atoms with Crippen LogP contribution in [0.1, 0.15) is 39.6 Å². The molecule has 0 radical (unpaired) electrons. The second-order valence-electron chi connectivity index (χ2n) is 6.95. The van der Waals surface area contributed by atoms with E-state index in [9.17, 15) is 0 Å². The first-order chi connectivity index (χ1) is 9.60. The topological polar surface area (TPSA) is 35.0 Å². The molecular formula is C16H23BrN2OSi. The molecule has 0 saturated heterocycles. The van der Waals surface area contributed by atoms with Gasteiger partial charge in [-0.15, -0.1) is 0 Å². The average Bonchev–Trinajstić information content (AvgIpc) is 2.35. The van der Waals surface area contributed by atoms with Crippen LogP contribution in [0.4, 0.5) is 0 Å². The molecule has 2 rings (SSSR count). The predicted molar refractivity (Wildman–Crippen MR) is 93.9 cm³/mol. The highest BCUT2D eigenvalue weighted by Gasteiger charge is 2.39. The number of hydrogen-bond acceptors (Lipinski definition) is 3. The number of nitrogens with zero attached hydrogens (tertiary/aromatic N) is 2. The highest BCUT2D eigenvalue weighted by atomic mass is 79.9. The van der Waals surface area contributed by atoms with Gasteiger partial charge in [-0.05, 0) is 37.2 Å². The first kappa shape index (κ1) is 16.6. The van der Waals surface area contributed by atoms with Crippen molar-refractivity contribution in [1.82, 2.24) is 9.97 Å². The van der Waals surface area contributed by atoms with Gasteiger partial charge in [0.25, 0.3) is 0 Å². The standard InChI is InChI=1S/C16H23BrN2OSi/c1-11(20-21(5,6)16(2,3)4)15-18-10-12-7-8-13(17)9-14(12)19-15/h7-11H,1-6H3. The van der Waals surface area contributed by atoms with Gasteiger partial charge in [0.1, 0.15) is 6.10 Å². The van der Waals surface area contributed by atoms with Crippen molar-refractivity contribution in [2.75, 3.05) is 0 Å². The Morgan fingerprint density at radius 2 is 1.90 bits per heavy atom. The molecule has 21 heavy (non-hydrogen) atoms. The molecule has 1 heterocycles. The summed E-state index contributed by atoms with van der Waals surface area (Å²) < 4.78 is 7.40. The summed E-state index contributed by atoms with van der Waals surface area (Å²) in [5.74, 6) is 0.755. The first-order valence-corrected chi connectivity index (χ1v) is 10.9. The van der Waals surface area contributed by atoms with E-state index in [0.29, 0.717) is 0 Å². The molecule has 0 fully saturated rings. The van der Waals surface area contributed by atoms with Gasteiger partial charge < -0.3 is 4.43 Å². The summed E-state index contributed by atoms with van der Waals surface area (Å²) in [5.41, 5.74) is 0.944. The monoisotopic (exact) mass is 366 g/mol. The first-order valence-electron chi connectivity index (χ1n) is 7.20. The van der Waals surface area contributed by atoms with Crippen LogP contribution in [-0.4, -0.2) is 18.3 Å². The van der Waals surface area contributed by atoms with Crippen LogP contribution in [0, 0.1) is 0 Å². The second-order valence-corrected chi connectivity index (χ2v) is 12.6. The molecule has 1 unspecified atom stereocenters. The smallest absolute Gasteiger partial charge is 0.193 e. The minimum atomic E-state index is -1.82. The number of halogens is 1. The molecule has 0 spiro atoms. The summed E-state index contributed by atoms with van der Waals surface area (Å²) in [7, 11) is -1.82. The molecule has 5 heteroatoms. The fourth-order valence-electron chi connectivity index (χ4n) is 1.88. The zero-order valence-corrected chi connectivity index (χ0v) is 16.2. The van der Waals surface area contributed by atoms with Crippen molar-refractivity contribution in [3.63, 3.8) is 0 Å². The van der Waals surface area contributed by atoms with Crippen molar-refractivity contribution in [3.05, 3.63) is 34.7 Å². The van der Waals surface area contributed by atoms with Gasteiger partial charge in [-0.25, -0.2) is 9.97 Å². The van der Waals surface area contributed by atoms with Crippen molar-refractivity contribution in [2.24, 2.45) is 0 Å². The Kier molecular flexibility index (Phi) is 4.56. The van der Waals surface area contributed by atoms with Gasteiger partial charge in [0.05, 0.1) is 5.52 Å². The molecule has 1 aromatic carbocycles. The third-order valence-electron chi connectivity index (χ3n) is 4.20. The van der Waals surface area contributed by atoms with Crippen LogP contribution in [0.2, 0.25) is 18.1 Å². The minimum Gasteiger partial charge on any atom is -0.407 e. The lowest BCUT2D eigenvalue weighted by Crippen LogP contribution is -2.41. The number of aromatic nitrogens is 2. The Labute approximate surface area is 136 Å². The zero-order valence-electron chi connectivity index (χ0n) is 13.6. The van der Waals surface area contributed by atoms with E-state index in [1.54, 1.807) is 0 Å². The van der Waals surface area contributed by atoms with E-state index in [4.69, 9.17) is 4.43 Å². The molecule has 0 saturated carbocycles. The normalized spacial score (nSPS) is 14.4. The highest BCUT2D eigenvalue weighted by molar-refractivity contribution is 9.10. The van der Waals surface area contributed by atoms with Crippen LogP contribution < -0.4 is 0 Å². The van der Waals surface area contributed by atoms with Crippen molar-refractivity contribution in [3.8, 4) is 0 Å². The number of fused-ring (bicyclic) bond motifs is 1. The van der Waals surface area contributed by atoms with E-state index in [2.05, 4.69) is 59.8 Å².